The van der Waals surface area contributed by atoms with Crippen LogP contribution in [0.5, 0.6) is 0 Å². The van der Waals surface area contributed by atoms with Crippen molar-refractivity contribution >= 4 is 34.6 Å². The van der Waals surface area contributed by atoms with E-state index in [9.17, 15) is 10.0 Å². The van der Waals surface area contributed by atoms with Crippen LogP contribution in [0.1, 0.15) is 11.1 Å². The first-order chi connectivity index (χ1) is 17.4. The zero-order chi connectivity index (χ0) is 25.2. The average molecular weight is 481 g/mol. The number of carbonyl (C=O) groups excluding carboxylic acids is 1. The molecular weight excluding hydrogens is 452 g/mol. The molecule has 1 aliphatic heterocycles. The third-order valence-electron chi connectivity index (χ3n) is 6.38. The van der Waals surface area contributed by atoms with Crippen LogP contribution in [0, 0.1) is 5.21 Å². The molecule has 0 bridgehead atoms. The van der Waals surface area contributed by atoms with Crippen molar-refractivity contribution in [3.8, 4) is 11.3 Å². The number of nitrogens with zero attached hydrogens (tertiary/aromatic N) is 4. The first kappa shape index (κ1) is 23.5. The molecule has 4 aromatic rings. The largest absolute Gasteiger partial charge is 0.629 e. The number of benzene rings is 3. The Morgan fingerprint density at radius 2 is 1.75 bits per heavy atom. The molecule has 182 valence electrons. The molecule has 0 spiro atoms. The molecule has 1 unspecified atom stereocenters. The number of fused-ring (bicyclic) bond motifs is 3. The highest BCUT2D eigenvalue weighted by atomic mass is 16.5. The van der Waals surface area contributed by atoms with E-state index in [4.69, 9.17) is 4.98 Å². The Morgan fingerprint density at radius 1 is 1.03 bits per heavy atom. The van der Waals surface area contributed by atoms with Gasteiger partial charge in [0.2, 0.25) is 11.9 Å². The second-order valence-electron chi connectivity index (χ2n) is 9.08. The molecule has 2 N–H and O–H groups in total. The van der Waals surface area contributed by atoms with Gasteiger partial charge in [0.05, 0.1) is 17.8 Å². The summed E-state index contributed by atoms with van der Waals surface area (Å²) in [7, 11) is 5.73. The van der Waals surface area contributed by atoms with Crippen LogP contribution in [0.15, 0.2) is 79.0 Å². The summed E-state index contributed by atoms with van der Waals surface area (Å²) in [6.07, 6.45) is 1.97. The summed E-state index contributed by atoms with van der Waals surface area (Å²) in [4.78, 5) is 25.4. The Kier molecular flexibility index (Phi) is 6.37. The van der Waals surface area contributed by atoms with Gasteiger partial charge in [-0.05, 0) is 30.3 Å². The van der Waals surface area contributed by atoms with E-state index in [2.05, 4.69) is 10.3 Å². The van der Waals surface area contributed by atoms with Crippen LogP contribution in [0.4, 0.5) is 28.7 Å². The van der Waals surface area contributed by atoms with E-state index in [1.54, 1.807) is 18.1 Å². The molecular formula is C28H28N6O2. The minimum atomic E-state index is 0.00397. The number of aromatic nitrogens is 2. The van der Waals surface area contributed by atoms with Gasteiger partial charge in [0.25, 0.3) is 0 Å². The number of hydroxylamine groups is 1. The second kappa shape index (κ2) is 9.77. The number of para-hydroxylation sites is 1. The monoisotopic (exact) mass is 480 g/mol. The molecule has 0 aliphatic carbocycles. The molecule has 8 nitrogen and oxygen atoms in total. The van der Waals surface area contributed by atoms with E-state index in [1.165, 1.54) is 0 Å². The van der Waals surface area contributed by atoms with E-state index in [1.807, 2.05) is 91.8 Å². The Bertz CT molecular complexity index is 1390. The van der Waals surface area contributed by atoms with Crippen molar-refractivity contribution in [3.63, 3.8) is 0 Å². The zero-order valence-corrected chi connectivity index (χ0v) is 20.5. The first-order valence-electron chi connectivity index (χ1n) is 11.8. The molecule has 1 aromatic heterocycles. The highest BCUT2D eigenvalue weighted by Crippen LogP contribution is 2.35. The van der Waals surface area contributed by atoms with Gasteiger partial charge >= 0.3 is 0 Å². The molecule has 0 saturated heterocycles. The van der Waals surface area contributed by atoms with Crippen LogP contribution >= 0.6 is 0 Å². The molecule has 1 aliphatic rings. The molecule has 8 heteroatoms. The quantitative estimate of drug-likeness (QED) is 0.409. The lowest BCUT2D eigenvalue weighted by atomic mass is 10.1. The summed E-state index contributed by atoms with van der Waals surface area (Å²) in [5, 5.41) is 16.0. The fraction of sp³-hybridized carbons (Fsp3) is 0.179. The van der Waals surface area contributed by atoms with Crippen molar-refractivity contribution in [3.05, 3.63) is 95.3 Å². The normalized spacial score (nSPS) is 13.4. The predicted octanol–water partition coefficient (Wildman–Crippen LogP) is 3.69. The number of carbonyl (C=O) groups is 1. The van der Waals surface area contributed by atoms with Gasteiger partial charge in [-0.15, -0.1) is 0 Å². The second-order valence-corrected chi connectivity index (χ2v) is 9.08. The third kappa shape index (κ3) is 4.77. The van der Waals surface area contributed by atoms with E-state index in [0.29, 0.717) is 18.2 Å². The topological polar surface area (TPSA) is 88.9 Å². The van der Waals surface area contributed by atoms with Crippen molar-refractivity contribution in [1.29, 1.82) is 0 Å². The van der Waals surface area contributed by atoms with Crippen molar-refractivity contribution in [2.75, 3.05) is 36.3 Å². The van der Waals surface area contributed by atoms with Crippen LogP contribution in [0.3, 0.4) is 0 Å². The Labute approximate surface area is 210 Å². The van der Waals surface area contributed by atoms with Gasteiger partial charge in [-0.25, -0.2) is 9.97 Å². The van der Waals surface area contributed by atoms with Gasteiger partial charge in [0.15, 0.2) is 0 Å². The summed E-state index contributed by atoms with van der Waals surface area (Å²) < 4.78 is 0. The summed E-state index contributed by atoms with van der Waals surface area (Å²) in [6.45, 7) is 0.329. The van der Waals surface area contributed by atoms with Crippen LogP contribution in [-0.2, 0) is 17.8 Å². The van der Waals surface area contributed by atoms with Gasteiger partial charge in [-0.1, -0.05) is 30.3 Å². The number of hydrogen-bond donors (Lipinski definition) is 2. The number of hydrogen-bond acceptors (Lipinski definition) is 6. The summed E-state index contributed by atoms with van der Waals surface area (Å²) in [6, 6.07) is 23.1. The summed E-state index contributed by atoms with van der Waals surface area (Å²) >= 11 is 0. The number of anilines is 4. The fourth-order valence-corrected chi connectivity index (χ4v) is 4.28. The smallest absolute Gasteiger partial charge is 0.231 e. The van der Waals surface area contributed by atoms with E-state index in [0.717, 1.165) is 39.4 Å². The number of nitrogens with one attached hydrogen (secondary N) is 2. The van der Waals surface area contributed by atoms with E-state index in [-0.39, 0.29) is 17.4 Å². The Hall–Kier alpha value is -4.27. The molecule has 1 amide bonds. The summed E-state index contributed by atoms with van der Waals surface area (Å²) in [5.74, 6) is 0.453. The van der Waals surface area contributed by atoms with Crippen LogP contribution in [-0.4, -0.2) is 37.0 Å². The van der Waals surface area contributed by atoms with Crippen molar-refractivity contribution in [2.45, 2.75) is 13.0 Å². The molecule has 0 fully saturated rings. The molecule has 0 saturated carbocycles. The first-order valence-corrected chi connectivity index (χ1v) is 11.8. The maximum absolute atomic E-state index is 12.7. The molecule has 0 radical (unpaired) electrons. The van der Waals surface area contributed by atoms with Gasteiger partial charge in [0, 0.05) is 67.5 Å². The average Bonchev–Trinajstić information content (AvgIpc) is 3.00. The molecule has 5 rings (SSSR count). The minimum absolute atomic E-state index is 0.00397. The maximum Gasteiger partial charge on any atom is 0.231 e. The lowest BCUT2D eigenvalue weighted by molar-refractivity contribution is -0.791. The Morgan fingerprint density at radius 3 is 2.47 bits per heavy atom. The highest BCUT2D eigenvalue weighted by molar-refractivity contribution is 6.01. The van der Waals surface area contributed by atoms with Gasteiger partial charge in [-0.3, -0.25) is 4.79 Å². The molecule has 2 heterocycles. The number of amides is 1. The summed E-state index contributed by atoms with van der Waals surface area (Å²) in [5.41, 5.74) is 6.79. The number of rotatable bonds is 6. The Balaban J connectivity index is 1.31. The van der Waals surface area contributed by atoms with Crippen molar-refractivity contribution in [2.24, 2.45) is 0 Å². The predicted molar refractivity (Wildman–Crippen MR) is 143 cm³/mol. The van der Waals surface area contributed by atoms with Gasteiger partial charge in [0.1, 0.15) is 12.2 Å². The maximum atomic E-state index is 12.7. The van der Waals surface area contributed by atoms with E-state index < -0.39 is 0 Å². The molecule has 3 aromatic carbocycles. The standard InChI is InChI=1S/C28H28N6O2/c1-32(2)22-12-14-23(15-13-22)34(36)18-19-8-10-21(11-9-19)30-28-29-17-20-16-26(35)33(3)25-7-5-4-6-24(25)27(20)31-28/h4-15,17,34H,16,18H2,1-3H3,(H,29,30,31). The lowest BCUT2D eigenvalue weighted by Gasteiger charge is -2.23. The molecule has 1 atom stereocenters. The molecule has 36 heavy (non-hydrogen) atoms. The minimum Gasteiger partial charge on any atom is -0.629 e. The SMILES string of the molecule is CN(C)c1ccc([NH+]([O-])Cc2ccc(Nc3ncc4c(n3)-c3ccccc3N(C)C(=O)C4)cc2)cc1. The number of likely N-dealkylation sites (N-methyl/N-ethyl adjacent to an activating group) is 1. The van der Waals surface area contributed by atoms with Crippen LogP contribution in [0.25, 0.3) is 11.3 Å². The zero-order valence-electron chi connectivity index (χ0n) is 20.5. The highest BCUT2D eigenvalue weighted by Gasteiger charge is 2.24. The van der Waals surface area contributed by atoms with Crippen LogP contribution < -0.4 is 20.2 Å². The van der Waals surface area contributed by atoms with Gasteiger partial charge in [-0.2, -0.15) is 0 Å². The third-order valence-corrected chi connectivity index (χ3v) is 6.38. The van der Waals surface area contributed by atoms with Crippen molar-refractivity contribution < 1.29 is 9.86 Å². The van der Waals surface area contributed by atoms with Crippen LogP contribution in [0.2, 0.25) is 0 Å². The fourth-order valence-electron chi connectivity index (χ4n) is 4.28. The van der Waals surface area contributed by atoms with E-state index >= 15 is 0 Å². The van der Waals surface area contributed by atoms with Gasteiger partial charge < -0.3 is 25.4 Å². The van der Waals surface area contributed by atoms with Crippen molar-refractivity contribution in [1.82, 2.24) is 9.97 Å². The number of quaternary nitrogens is 1. The lowest BCUT2D eigenvalue weighted by Crippen LogP contribution is -3.00.